The SMILES string of the molecule is COCCOC(=O)c1ccc(Cl)c(S(=O)(=O)Cl)c1. The molecule has 0 atom stereocenters. The molecule has 1 aromatic carbocycles. The number of rotatable bonds is 5. The number of hydrogen-bond acceptors (Lipinski definition) is 5. The fourth-order valence-electron chi connectivity index (χ4n) is 1.12. The molecule has 0 spiro atoms. The van der Waals surface area contributed by atoms with E-state index in [0.717, 1.165) is 6.07 Å². The van der Waals surface area contributed by atoms with Gasteiger partial charge in [-0.25, -0.2) is 13.2 Å². The lowest BCUT2D eigenvalue weighted by molar-refractivity contribution is 0.0388. The van der Waals surface area contributed by atoms with Crippen LogP contribution in [0.25, 0.3) is 0 Å². The van der Waals surface area contributed by atoms with Crippen LogP contribution >= 0.6 is 22.3 Å². The molecule has 0 radical (unpaired) electrons. The van der Waals surface area contributed by atoms with Crippen LogP contribution in [-0.2, 0) is 18.5 Å². The van der Waals surface area contributed by atoms with Crippen molar-refractivity contribution in [1.82, 2.24) is 0 Å². The summed E-state index contributed by atoms with van der Waals surface area (Å²) in [6.45, 7) is 0.320. The highest BCUT2D eigenvalue weighted by atomic mass is 35.7. The van der Waals surface area contributed by atoms with E-state index in [1.165, 1.54) is 19.2 Å². The maximum atomic E-state index is 11.6. The molecule has 0 aromatic heterocycles. The summed E-state index contributed by atoms with van der Waals surface area (Å²) in [7, 11) is 2.64. The Labute approximate surface area is 114 Å². The molecule has 0 saturated carbocycles. The van der Waals surface area contributed by atoms with Gasteiger partial charge in [-0.15, -0.1) is 0 Å². The van der Waals surface area contributed by atoms with Gasteiger partial charge in [0, 0.05) is 17.8 Å². The topological polar surface area (TPSA) is 69.7 Å². The highest BCUT2D eigenvalue weighted by Crippen LogP contribution is 2.25. The fraction of sp³-hybridized carbons (Fsp3) is 0.300. The van der Waals surface area contributed by atoms with Crippen molar-refractivity contribution in [2.75, 3.05) is 20.3 Å². The van der Waals surface area contributed by atoms with E-state index in [9.17, 15) is 13.2 Å². The number of esters is 1. The standard InChI is InChI=1S/C10H10Cl2O5S/c1-16-4-5-17-10(13)7-2-3-8(11)9(6-7)18(12,14)15/h2-3,6H,4-5H2,1H3. The van der Waals surface area contributed by atoms with E-state index in [1.54, 1.807) is 0 Å². The molecular weight excluding hydrogens is 303 g/mol. The normalized spacial score (nSPS) is 11.3. The number of benzene rings is 1. The summed E-state index contributed by atoms with van der Waals surface area (Å²) >= 11 is 5.68. The number of carbonyl (C=O) groups excluding carboxylic acids is 1. The summed E-state index contributed by atoms with van der Waals surface area (Å²) in [5, 5.41) is -0.0570. The molecule has 0 aliphatic rings. The Kier molecular flexibility index (Phi) is 5.40. The predicted molar refractivity (Wildman–Crippen MR) is 66.6 cm³/mol. The van der Waals surface area contributed by atoms with Crippen LogP contribution in [0, 0.1) is 0 Å². The Hall–Kier alpha value is -0.820. The van der Waals surface area contributed by atoms with Gasteiger partial charge in [-0.3, -0.25) is 0 Å². The fourth-order valence-corrected chi connectivity index (χ4v) is 2.61. The maximum Gasteiger partial charge on any atom is 0.338 e. The molecular formula is C10H10Cl2O5S. The molecule has 1 aromatic rings. The minimum absolute atomic E-state index is 0.0507. The molecule has 0 N–H and O–H groups in total. The predicted octanol–water partition coefficient (Wildman–Crippen LogP) is 2.07. The van der Waals surface area contributed by atoms with Crippen LogP contribution in [0.15, 0.2) is 23.1 Å². The summed E-state index contributed by atoms with van der Waals surface area (Å²) in [5.41, 5.74) is 0.0507. The zero-order valence-corrected chi connectivity index (χ0v) is 11.7. The van der Waals surface area contributed by atoms with E-state index in [4.69, 9.17) is 31.8 Å². The van der Waals surface area contributed by atoms with E-state index in [2.05, 4.69) is 0 Å². The first-order chi connectivity index (χ1) is 8.36. The molecule has 18 heavy (non-hydrogen) atoms. The average Bonchev–Trinajstić information content (AvgIpc) is 2.28. The molecule has 0 fully saturated rings. The summed E-state index contributed by atoms with van der Waals surface area (Å²) in [5.74, 6) is -0.676. The first-order valence-corrected chi connectivity index (χ1v) is 7.45. The maximum absolute atomic E-state index is 11.6. The zero-order valence-electron chi connectivity index (χ0n) is 9.35. The number of carbonyl (C=O) groups is 1. The van der Waals surface area contributed by atoms with Gasteiger partial charge in [-0.05, 0) is 18.2 Å². The molecule has 0 aliphatic carbocycles. The van der Waals surface area contributed by atoms with Gasteiger partial charge >= 0.3 is 5.97 Å². The van der Waals surface area contributed by atoms with E-state index in [1.807, 2.05) is 0 Å². The summed E-state index contributed by atoms with van der Waals surface area (Å²) < 4.78 is 31.9. The first-order valence-electron chi connectivity index (χ1n) is 4.76. The van der Waals surface area contributed by atoms with Crippen molar-refractivity contribution in [1.29, 1.82) is 0 Å². The van der Waals surface area contributed by atoms with Crippen LogP contribution in [0.4, 0.5) is 0 Å². The van der Waals surface area contributed by atoms with Gasteiger partial charge in [0.15, 0.2) is 0 Å². The number of methoxy groups -OCH3 is 1. The van der Waals surface area contributed by atoms with E-state index in [-0.39, 0.29) is 28.7 Å². The van der Waals surface area contributed by atoms with E-state index in [0.29, 0.717) is 0 Å². The van der Waals surface area contributed by atoms with Gasteiger partial charge in [-0.1, -0.05) is 11.6 Å². The van der Waals surface area contributed by atoms with Gasteiger partial charge < -0.3 is 9.47 Å². The van der Waals surface area contributed by atoms with Crippen LogP contribution in [0.5, 0.6) is 0 Å². The van der Waals surface area contributed by atoms with E-state index < -0.39 is 15.0 Å². The van der Waals surface area contributed by atoms with Crippen molar-refractivity contribution < 1.29 is 22.7 Å². The Balaban J connectivity index is 2.95. The van der Waals surface area contributed by atoms with Crippen molar-refractivity contribution in [3.63, 3.8) is 0 Å². The van der Waals surface area contributed by atoms with Crippen molar-refractivity contribution >= 4 is 37.3 Å². The van der Waals surface area contributed by atoms with Crippen molar-refractivity contribution in [3.05, 3.63) is 28.8 Å². The van der Waals surface area contributed by atoms with Gasteiger partial charge in [0.1, 0.15) is 11.5 Å². The van der Waals surface area contributed by atoms with Gasteiger partial charge in [0.2, 0.25) is 0 Å². The highest BCUT2D eigenvalue weighted by molar-refractivity contribution is 8.13. The average molecular weight is 313 g/mol. The lowest BCUT2D eigenvalue weighted by Gasteiger charge is -2.06. The number of ether oxygens (including phenoxy) is 2. The lowest BCUT2D eigenvalue weighted by atomic mass is 10.2. The molecule has 0 amide bonds. The third kappa shape index (κ3) is 4.13. The van der Waals surface area contributed by atoms with Crippen LogP contribution < -0.4 is 0 Å². The summed E-state index contributed by atoms with van der Waals surface area (Å²) in [4.78, 5) is 11.2. The summed E-state index contributed by atoms with van der Waals surface area (Å²) in [6, 6.07) is 3.69. The highest BCUT2D eigenvalue weighted by Gasteiger charge is 2.18. The Morgan fingerprint density at radius 3 is 2.56 bits per heavy atom. The molecule has 0 saturated heterocycles. The van der Waals surface area contributed by atoms with Crippen LogP contribution in [0.3, 0.4) is 0 Å². The molecule has 0 heterocycles. The monoisotopic (exact) mass is 312 g/mol. The molecule has 0 aliphatic heterocycles. The zero-order chi connectivity index (χ0) is 13.8. The third-order valence-corrected chi connectivity index (χ3v) is 3.75. The minimum atomic E-state index is -4.01. The van der Waals surface area contributed by atoms with Crippen LogP contribution in [0.1, 0.15) is 10.4 Å². The second kappa shape index (κ2) is 6.38. The number of halogens is 2. The Bertz CT molecular complexity index is 541. The molecule has 1 rings (SSSR count). The molecule has 5 nitrogen and oxygen atoms in total. The lowest BCUT2D eigenvalue weighted by Crippen LogP contribution is -2.10. The molecule has 0 bridgehead atoms. The van der Waals surface area contributed by atoms with Gasteiger partial charge in [0.05, 0.1) is 17.2 Å². The first kappa shape index (κ1) is 15.2. The number of hydrogen-bond donors (Lipinski definition) is 0. The molecule has 0 unspecified atom stereocenters. The second-order valence-corrected chi connectivity index (χ2v) is 6.15. The second-order valence-electron chi connectivity index (χ2n) is 3.21. The van der Waals surface area contributed by atoms with Gasteiger partial charge in [-0.2, -0.15) is 0 Å². The smallest absolute Gasteiger partial charge is 0.338 e. The largest absolute Gasteiger partial charge is 0.460 e. The Morgan fingerprint density at radius 1 is 1.33 bits per heavy atom. The van der Waals surface area contributed by atoms with Crippen molar-refractivity contribution in [3.8, 4) is 0 Å². The van der Waals surface area contributed by atoms with Crippen molar-refractivity contribution in [2.24, 2.45) is 0 Å². The minimum Gasteiger partial charge on any atom is -0.460 e. The summed E-state index contributed by atoms with van der Waals surface area (Å²) in [6.07, 6.45) is 0. The molecule has 8 heteroatoms. The molecule has 100 valence electrons. The van der Waals surface area contributed by atoms with E-state index >= 15 is 0 Å². The Morgan fingerprint density at radius 2 is 2.00 bits per heavy atom. The third-order valence-electron chi connectivity index (χ3n) is 1.95. The van der Waals surface area contributed by atoms with Crippen molar-refractivity contribution in [2.45, 2.75) is 4.90 Å². The quantitative estimate of drug-likeness (QED) is 0.473. The van der Waals surface area contributed by atoms with Crippen LogP contribution in [0.2, 0.25) is 5.02 Å². The van der Waals surface area contributed by atoms with Gasteiger partial charge in [0.25, 0.3) is 9.05 Å². The van der Waals surface area contributed by atoms with Crippen LogP contribution in [-0.4, -0.2) is 34.7 Å².